The summed E-state index contributed by atoms with van der Waals surface area (Å²) in [5.41, 5.74) is 0. The van der Waals surface area contributed by atoms with Crippen LogP contribution in [0.3, 0.4) is 0 Å². The van der Waals surface area contributed by atoms with E-state index in [1.165, 1.54) is 0 Å². The summed E-state index contributed by atoms with van der Waals surface area (Å²) in [6, 6.07) is 7.31. The van der Waals surface area contributed by atoms with Crippen LogP contribution in [-0.4, -0.2) is 45.9 Å². The van der Waals surface area contributed by atoms with Crippen LogP contribution in [0.1, 0.15) is 6.92 Å². The molecule has 1 rings (SSSR count). The maximum absolute atomic E-state index is 5.81. The van der Waals surface area contributed by atoms with Gasteiger partial charge in [-0.25, -0.2) is 0 Å². The van der Waals surface area contributed by atoms with Crippen molar-refractivity contribution in [3.05, 3.63) is 29.3 Å². The van der Waals surface area contributed by atoms with Crippen molar-refractivity contribution < 1.29 is 9.47 Å². The predicted molar refractivity (Wildman–Crippen MR) is 98.2 cm³/mol. The van der Waals surface area contributed by atoms with Gasteiger partial charge in [0.2, 0.25) is 0 Å². The molecular formula is C14H23ClIN3O2. The molecule has 0 spiro atoms. The minimum absolute atomic E-state index is 0. The SMILES string of the molecule is CCNC(=NCCOC)NCCOc1ccc(Cl)cc1.I. The molecule has 0 unspecified atom stereocenters. The van der Waals surface area contributed by atoms with Gasteiger partial charge in [-0.1, -0.05) is 11.6 Å². The van der Waals surface area contributed by atoms with Crippen molar-refractivity contribution in [3.63, 3.8) is 0 Å². The molecular weight excluding hydrogens is 405 g/mol. The second kappa shape index (κ2) is 13.0. The van der Waals surface area contributed by atoms with Gasteiger partial charge in [-0.3, -0.25) is 4.99 Å². The maximum atomic E-state index is 5.81. The lowest BCUT2D eigenvalue weighted by Crippen LogP contribution is -2.39. The minimum atomic E-state index is 0. The molecule has 0 aromatic heterocycles. The third kappa shape index (κ3) is 9.76. The minimum Gasteiger partial charge on any atom is -0.492 e. The summed E-state index contributed by atoms with van der Waals surface area (Å²) >= 11 is 5.81. The molecule has 7 heteroatoms. The summed E-state index contributed by atoms with van der Waals surface area (Å²) in [7, 11) is 1.66. The van der Waals surface area contributed by atoms with Gasteiger partial charge >= 0.3 is 0 Å². The van der Waals surface area contributed by atoms with Crippen molar-refractivity contribution in [1.82, 2.24) is 10.6 Å². The predicted octanol–water partition coefficient (Wildman–Crippen LogP) is 2.54. The second-order valence-corrected chi connectivity index (χ2v) is 4.42. The maximum Gasteiger partial charge on any atom is 0.191 e. The van der Waals surface area contributed by atoms with Crippen LogP contribution in [0.2, 0.25) is 5.02 Å². The van der Waals surface area contributed by atoms with Crippen LogP contribution in [0, 0.1) is 0 Å². The van der Waals surface area contributed by atoms with Gasteiger partial charge in [0, 0.05) is 18.7 Å². The zero-order valence-corrected chi connectivity index (χ0v) is 15.5. The molecule has 0 saturated carbocycles. The molecule has 0 atom stereocenters. The third-order valence-electron chi connectivity index (χ3n) is 2.39. The molecule has 0 aliphatic heterocycles. The highest BCUT2D eigenvalue weighted by Crippen LogP contribution is 2.14. The van der Waals surface area contributed by atoms with Crippen LogP contribution in [0.25, 0.3) is 0 Å². The fourth-order valence-corrected chi connectivity index (χ4v) is 1.59. The molecule has 2 N–H and O–H groups in total. The van der Waals surface area contributed by atoms with Crippen LogP contribution in [0.15, 0.2) is 29.3 Å². The van der Waals surface area contributed by atoms with E-state index in [2.05, 4.69) is 15.6 Å². The molecule has 120 valence electrons. The Morgan fingerprint density at radius 3 is 2.52 bits per heavy atom. The van der Waals surface area contributed by atoms with Crippen molar-refractivity contribution in [1.29, 1.82) is 0 Å². The summed E-state index contributed by atoms with van der Waals surface area (Å²) in [5, 5.41) is 7.06. The zero-order chi connectivity index (χ0) is 14.6. The fraction of sp³-hybridized carbons (Fsp3) is 0.500. The number of hydrogen-bond acceptors (Lipinski definition) is 3. The summed E-state index contributed by atoms with van der Waals surface area (Å²) < 4.78 is 10.6. The second-order valence-electron chi connectivity index (χ2n) is 3.98. The smallest absolute Gasteiger partial charge is 0.191 e. The largest absolute Gasteiger partial charge is 0.492 e. The van der Waals surface area contributed by atoms with E-state index in [4.69, 9.17) is 21.1 Å². The highest BCUT2D eigenvalue weighted by molar-refractivity contribution is 14.0. The monoisotopic (exact) mass is 427 g/mol. The molecule has 0 aliphatic carbocycles. The van der Waals surface area contributed by atoms with Crippen LogP contribution in [0.4, 0.5) is 0 Å². The summed E-state index contributed by atoms with van der Waals surface area (Å²) in [5.74, 6) is 1.57. The number of benzene rings is 1. The molecule has 1 aromatic carbocycles. The molecule has 1 aromatic rings. The number of aliphatic imine (C=N–C) groups is 1. The Labute approximate surface area is 148 Å². The highest BCUT2D eigenvalue weighted by Gasteiger charge is 1.97. The van der Waals surface area contributed by atoms with Gasteiger partial charge in [0.05, 0.1) is 19.7 Å². The van der Waals surface area contributed by atoms with Crippen LogP contribution in [-0.2, 0) is 4.74 Å². The first-order valence-electron chi connectivity index (χ1n) is 6.65. The molecule has 0 fully saturated rings. The Morgan fingerprint density at radius 2 is 1.90 bits per heavy atom. The molecule has 0 bridgehead atoms. The average Bonchev–Trinajstić information content (AvgIpc) is 2.45. The van der Waals surface area contributed by atoms with Gasteiger partial charge in [0.15, 0.2) is 5.96 Å². The van der Waals surface area contributed by atoms with Gasteiger partial charge in [-0.05, 0) is 31.2 Å². The Morgan fingerprint density at radius 1 is 1.19 bits per heavy atom. The summed E-state index contributed by atoms with van der Waals surface area (Å²) in [4.78, 5) is 4.36. The van der Waals surface area contributed by atoms with Gasteiger partial charge in [-0.2, -0.15) is 0 Å². The Balaban J connectivity index is 0.00000400. The molecule has 21 heavy (non-hydrogen) atoms. The van der Waals surface area contributed by atoms with E-state index in [1.807, 2.05) is 19.1 Å². The molecule has 0 aliphatic rings. The number of hydrogen-bond donors (Lipinski definition) is 2. The number of halogens is 2. The number of nitrogens with zero attached hydrogens (tertiary/aromatic N) is 1. The lowest BCUT2D eigenvalue weighted by atomic mass is 10.3. The van der Waals surface area contributed by atoms with E-state index >= 15 is 0 Å². The number of nitrogens with one attached hydrogen (secondary N) is 2. The molecule has 0 heterocycles. The first kappa shape index (κ1) is 20.3. The lowest BCUT2D eigenvalue weighted by Gasteiger charge is -2.12. The highest BCUT2D eigenvalue weighted by atomic mass is 127. The van der Waals surface area contributed by atoms with Crippen molar-refractivity contribution in [2.45, 2.75) is 6.92 Å². The molecule has 0 radical (unpaired) electrons. The van der Waals surface area contributed by atoms with Crippen LogP contribution >= 0.6 is 35.6 Å². The fourth-order valence-electron chi connectivity index (χ4n) is 1.46. The Hall–Kier alpha value is -0.730. The van der Waals surface area contributed by atoms with E-state index in [0.717, 1.165) is 18.3 Å². The zero-order valence-electron chi connectivity index (χ0n) is 12.4. The number of guanidine groups is 1. The van der Waals surface area contributed by atoms with E-state index < -0.39 is 0 Å². The van der Waals surface area contributed by atoms with Crippen LogP contribution in [0.5, 0.6) is 5.75 Å². The molecule has 5 nitrogen and oxygen atoms in total. The molecule has 0 amide bonds. The topological polar surface area (TPSA) is 54.9 Å². The van der Waals surface area contributed by atoms with Crippen molar-refractivity contribution >= 4 is 41.5 Å². The van der Waals surface area contributed by atoms with E-state index in [9.17, 15) is 0 Å². The van der Waals surface area contributed by atoms with Crippen molar-refractivity contribution in [3.8, 4) is 5.75 Å². The van der Waals surface area contributed by atoms with Crippen molar-refractivity contribution in [2.24, 2.45) is 4.99 Å². The van der Waals surface area contributed by atoms with E-state index in [-0.39, 0.29) is 24.0 Å². The number of methoxy groups -OCH3 is 1. The Kier molecular flexibility index (Phi) is 12.5. The van der Waals surface area contributed by atoms with E-state index in [1.54, 1.807) is 19.2 Å². The van der Waals surface area contributed by atoms with Gasteiger partial charge in [0.1, 0.15) is 12.4 Å². The standard InChI is InChI=1S/C14H22ClN3O2.HI/c1-3-16-14(17-8-10-19-2)18-9-11-20-13-6-4-12(15)5-7-13;/h4-7H,3,8-11H2,1-2H3,(H2,16,17,18);1H. The lowest BCUT2D eigenvalue weighted by molar-refractivity contribution is 0.208. The summed E-state index contributed by atoms with van der Waals surface area (Å²) in [6.45, 7) is 5.30. The molecule has 0 saturated heterocycles. The number of rotatable bonds is 8. The quantitative estimate of drug-likeness (QED) is 0.290. The first-order chi connectivity index (χ1) is 9.76. The van der Waals surface area contributed by atoms with Crippen LogP contribution < -0.4 is 15.4 Å². The number of ether oxygens (including phenoxy) is 2. The van der Waals surface area contributed by atoms with Gasteiger partial charge in [0.25, 0.3) is 0 Å². The first-order valence-corrected chi connectivity index (χ1v) is 7.03. The van der Waals surface area contributed by atoms with Crippen molar-refractivity contribution in [2.75, 3.05) is 40.0 Å². The average molecular weight is 428 g/mol. The van der Waals surface area contributed by atoms with Gasteiger partial charge in [-0.15, -0.1) is 24.0 Å². The summed E-state index contributed by atoms with van der Waals surface area (Å²) in [6.07, 6.45) is 0. The Bertz CT molecular complexity index is 402. The van der Waals surface area contributed by atoms with Gasteiger partial charge < -0.3 is 20.1 Å². The normalized spacial score (nSPS) is 10.7. The third-order valence-corrected chi connectivity index (χ3v) is 2.64. The van der Waals surface area contributed by atoms with E-state index in [0.29, 0.717) is 31.3 Å².